The first-order valence-corrected chi connectivity index (χ1v) is 12.6. The Morgan fingerprint density at radius 2 is 1.62 bits per heavy atom. The van der Waals surface area contributed by atoms with Crippen molar-refractivity contribution in [2.75, 3.05) is 26.2 Å². The quantitative estimate of drug-likeness (QED) is 0.838. The fourth-order valence-corrected chi connectivity index (χ4v) is 9.28. The van der Waals surface area contributed by atoms with E-state index < -0.39 is 8.24 Å². The number of allylic oxidation sites excluding steroid dienone is 4. The van der Waals surface area contributed by atoms with E-state index in [1.54, 1.807) is 5.56 Å². The molecule has 0 bridgehead atoms. The van der Waals surface area contributed by atoms with Crippen LogP contribution in [0.3, 0.4) is 0 Å². The summed E-state index contributed by atoms with van der Waals surface area (Å²) in [7, 11) is -1.44. The third-order valence-electron chi connectivity index (χ3n) is 6.73. The summed E-state index contributed by atoms with van der Waals surface area (Å²) < 4.78 is 2.87. The Balaban J connectivity index is 1.63. The molecule has 0 amide bonds. The number of rotatable bonds is 3. The van der Waals surface area contributed by atoms with Crippen molar-refractivity contribution in [1.29, 1.82) is 0 Å². The normalized spacial score (nSPS) is 33.6. The summed E-state index contributed by atoms with van der Waals surface area (Å²) in [6.45, 7) is 10.1. The molecule has 2 fully saturated rings. The summed E-state index contributed by atoms with van der Waals surface area (Å²) in [5.41, 5.74) is 2.40. The zero-order valence-corrected chi connectivity index (χ0v) is 16.0. The molecule has 3 heteroatoms. The van der Waals surface area contributed by atoms with Gasteiger partial charge in [-0.15, -0.1) is 0 Å². The highest BCUT2D eigenvalue weighted by Gasteiger charge is 2.51. The fourth-order valence-electron chi connectivity index (χ4n) is 5.33. The molecule has 24 heavy (non-hydrogen) atoms. The van der Waals surface area contributed by atoms with Gasteiger partial charge in [-0.1, -0.05) is 67.7 Å². The van der Waals surface area contributed by atoms with Crippen molar-refractivity contribution in [3.63, 3.8) is 0 Å². The predicted octanol–water partition coefficient (Wildman–Crippen LogP) is 4.01. The predicted molar refractivity (Wildman–Crippen MR) is 105 cm³/mol. The molecule has 4 unspecified atom stereocenters. The first-order valence-electron chi connectivity index (χ1n) is 9.53. The minimum absolute atomic E-state index is 0.692. The van der Waals surface area contributed by atoms with Crippen LogP contribution in [0.2, 0.25) is 18.6 Å². The Morgan fingerprint density at radius 1 is 0.958 bits per heavy atom. The number of piperazine rings is 1. The third-order valence-corrected chi connectivity index (χ3v) is 11.2. The highest BCUT2D eigenvalue weighted by Crippen LogP contribution is 2.56. The van der Waals surface area contributed by atoms with Crippen molar-refractivity contribution in [2.24, 2.45) is 11.8 Å². The second-order valence-electron chi connectivity index (χ2n) is 8.17. The van der Waals surface area contributed by atoms with E-state index in [1.807, 2.05) is 0 Å². The molecule has 4 atom stereocenters. The van der Waals surface area contributed by atoms with Crippen molar-refractivity contribution in [3.05, 3.63) is 60.2 Å². The fraction of sp³-hybridized carbons (Fsp3) is 0.524. The summed E-state index contributed by atoms with van der Waals surface area (Å²) in [4.78, 5) is 0. The third kappa shape index (κ3) is 2.83. The van der Waals surface area contributed by atoms with Gasteiger partial charge in [-0.2, -0.15) is 0 Å². The average Bonchev–Trinajstić information content (AvgIpc) is 3.04. The molecule has 1 aromatic carbocycles. The standard InChI is InChI=1S/C21H30N2Si/c1-24(2,23-14-12-22-13-15-23)21-16-20(17-8-4-3-5-9-17)18-10-6-7-11-19(18)21/h3-11,18-22H,12-16H2,1-2H3. The smallest absolute Gasteiger partial charge is 0.126 e. The Morgan fingerprint density at radius 3 is 2.33 bits per heavy atom. The first kappa shape index (κ1) is 16.3. The molecular formula is C21H30N2Si. The molecular weight excluding hydrogens is 308 g/mol. The van der Waals surface area contributed by atoms with Gasteiger partial charge >= 0.3 is 0 Å². The maximum atomic E-state index is 3.52. The zero-order valence-electron chi connectivity index (χ0n) is 15.0. The lowest BCUT2D eigenvalue weighted by molar-refractivity contribution is 0.346. The monoisotopic (exact) mass is 338 g/mol. The highest BCUT2D eigenvalue weighted by atomic mass is 28.3. The Kier molecular flexibility index (Phi) is 4.50. The number of nitrogens with zero attached hydrogens (tertiary/aromatic N) is 1. The van der Waals surface area contributed by atoms with Crippen LogP contribution in [0.5, 0.6) is 0 Å². The molecule has 128 valence electrons. The van der Waals surface area contributed by atoms with Gasteiger partial charge in [-0.05, 0) is 35.3 Å². The summed E-state index contributed by atoms with van der Waals surface area (Å²) in [6, 6.07) is 11.2. The number of benzene rings is 1. The van der Waals surface area contributed by atoms with Crippen molar-refractivity contribution in [2.45, 2.75) is 31.0 Å². The molecule has 1 aromatic rings. The van der Waals surface area contributed by atoms with Gasteiger partial charge < -0.3 is 9.88 Å². The topological polar surface area (TPSA) is 15.3 Å². The molecule has 2 aliphatic carbocycles. The number of hydrogen-bond acceptors (Lipinski definition) is 2. The van der Waals surface area contributed by atoms with E-state index in [1.165, 1.54) is 19.5 Å². The SMILES string of the molecule is C[Si](C)(C1CC(c2ccccc2)C2C=CC=CC21)N1CCNCC1. The highest BCUT2D eigenvalue weighted by molar-refractivity contribution is 6.76. The first-order chi connectivity index (χ1) is 11.7. The maximum Gasteiger partial charge on any atom is 0.126 e. The lowest BCUT2D eigenvalue weighted by Crippen LogP contribution is -2.59. The van der Waals surface area contributed by atoms with E-state index in [0.717, 1.165) is 24.5 Å². The molecule has 1 N–H and O–H groups in total. The van der Waals surface area contributed by atoms with Crippen LogP contribution >= 0.6 is 0 Å². The lowest BCUT2D eigenvalue weighted by atomic mass is 9.83. The second-order valence-corrected chi connectivity index (χ2v) is 12.9. The van der Waals surface area contributed by atoms with E-state index in [2.05, 4.69) is 77.6 Å². The molecule has 1 aliphatic heterocycles. The summed E-state index contributed by atoms with van der Waals surface area (Å²) in [5, 5.41) is 3.52. The minimum atomic E-state index is -1.44. The number of fused-ring (bicyclic) bond motifs is 1. The molecule has 0 radical (unpaired) electrons. The van der Waals surface area contributed by atoms with Gasteiger partial charge in [-0.25, -0.2) is 0 Å². The van der Waals surface area contributed by atoms with Crippen molar-refractivity contribution < 1.29 is 0 Å². The van der Waals surface area contributed by atoms with Crippen LogP contribution in [0, 0.1) is 11.8 Å². The summed E-state index contributed by atoms with van der Waals surface area (Å²) in [6.07, 6.45) is 10.9. The number of nitrogens with one attached hydrogen (secondary N) is 1. The molecule has 0 spiro atoms. The molecule has 1 saturated carbocycles. The summed E-state index contributed by atoms with van der Waals surface area (Å²) >= 11 is 0. The van der Waals surface area contributed by atoms with Gasteiger partial charge in [0.1, 0.15) is 8.24 Å². The molecule has 3 aliphatic rings. The van der Waals surface area contributed by atoms with Crippen LogP contribution < -0.4 is 5.32 Å². The van der Waals surface area contributed by atoms with Crippen LogP contribution in [0.1, 0.15) is 17.9 Å². The number of hydrogen-bond donors (Lipinski definition) is 1. The maximum absolute atomic E-state index is 3.52. The van der Waals surface area contributed by atoms with Crippen LogP contribution in [0.25, 0.3) is 0 Å². The largest absolute Gasteiger partial charge is 0.321 e. The Bertz CT molecular complexity index is 616. The Labute approximate surface area is 147 Å². The molecule has 1 heterocycles. The minimum Gasteiger partial charge on any atom is -0.321 e. The van der Waals surface area contributed by atoms with E-state index in [9.17, 15) is 0 Å². The lowest BCUT2D eigenvalue weighted by Gasteiger charge is -2.45. The van der Waals surface area contributed by atoms with E-state index in [0.29, 0.717) is 11.8 Å². The zero-order chi connectivity index (χ0) is 16.6. The van der Waals surface area contributed by atoms with Gasteiger partial charge in [0, 0.05) is 26.2 Å². The van der Waals surface area contributed by atoms with Crippen LogP contribution in [0.4, 0.5) is 0 Å². The van der Waals surface area contributed by atoms with Crippen LogP contribution in [-0.2, 0) is 0 Å². The van der Waals surface area contributed by atoms with Gasteiger partial charge in [0.05, 0.1) is 0 Å². The van der Waals surface area contributed by atoms with E-state index in [-0.39, 0.29) is 0 Å². The van der Waals surface area contributed by atoms with E-state index >= 15 is 0 Å². The Hall–Kier alpha value is -1.16. The van der Waals surface area contributed by atoms with Gasteiger partial charge in [0.25, 0.3) is 0 Å². The molecule has 1 saturated heterocycles. The van der Waals surface area contributed by atoms with Crippen molar-refractivity contribution in [3.8, 4) is 0 Å². The second kappa shape index (κ2) is 6.62. The summed E-state index contributed by atoms with van der Waals surface area (Å²) in [5.74, 6) is 2.12. The van der Waals surface area contributed by atoms with E-state index in [4.69, 9.17) is 0 Å². The van der Waals surface area contributed by atoms with Gasteiger partial charge in [0.15, 0.2) is 0 Å². The molecule has 0 aromatic heterocycles. The molecule has 4 rings (SSSR count). The average molecular weight is 339 g/mol. The van der Waals surface area contributed by atoms with Gasteiger partial charge in [-0.3, -0.25) is 0 Å². The van der Waals surface area contributed by atoms with Crippen LogP contribution in [0.15, 0.2) is 54.6 Å². The van der Waals surface area contributed by atoms with Crippen LogP contribution in [-0.4, -0.2) is 39.0 Å². The molecule has 2 nitrogen and oxygen atoms in total. The van der Waals surface area contributed by atoms with Crippen molar-refractivity contribution >= 4 is 8.24 Å². The van der Waals surface area contributed by atoms with Crippen molar-refractivity contribution in [1.82, 2.24) is 9.88 Å². The van der Waals surface area contributed by atoms with Gasteiger partial charge in [0.2, 0.25) is 0 Å².